The van der Waals surface area contributed by atoms with E-state index in [2.05, 4.69) is 13.8 Å². The molecular weight excluding hydrogens is 151 g/mol. The zero-order chi connectivity index (χ0) is 8.97. The third-order valence-corrected chi connectivity index (χ3v) is 2.16. The summed E-state index contributed by atoms with van der Waals surface area (Å²) < 4.78 is 13.2. The van der Waals surface area contributed by atoms with E-state index in [9.17, 15) is 4.39 Å². The number of hydrogen-bond acceptors (Lipinski definition) is 0. The summed E-state index contributed by atoms with van der Waals surface area (Å²) in [6.45, 7) is 4.19. The first-order chi connectivity index (χ1) is 5.75. The Balaban J connectivity index is 2.79. The van der Waals surface area contributed by atoms with Gasteiger partial charge in [0.25, 0.3) is 0 Å². The molecule has 1 unspecified atom stereocenters. The van der Waals surface area contributed by atoms with Gasteiger partial charge in [-0.15, -0.1) is 0 Å². The first-order valence-corrected chi connectivity index (χ1v) is 4.50. The summed E-state index contributed by atoms with van der Waals surface area (Å²) in [5.41, 5.74) is 0.847. The van der Waals surface area contributed by atoms with Crippen LogP contribution in [-0.2, 0) is 0 Å². The molecule has 0 nitrogen and oxygen atoms in total. The van der Waals surface area contributed by atoms with Crippen LogP contribution in [0.2, 0.25) is 0 Å². The maximum absolute atomic E-state index is 13.2. The highest BCUT2D eigenvalue weighted by atomic mass is 19.1. The Kier molecular flexibility index (Phi) is 3.27. The summed E-state index contributed by atoms with van der Waals surface area (Å²) in [6, 6.07) is 7.03. The SMILES string of the molecule is CCCC(C)c1ccccc1F. The number of rotatable bonds is 3. The molecule has 12 heavy (non-hydrogen) atoms. The van der Waals surface area contributed by atoms with Crippen LogP contribution in [-0.4, -0.2) is 0 Å². The third kappa shape index (κ3) is 2.07. The van der Waals surface area contributed by atoms with Gasteiger partial charge in [-0.1, -0.05) is 38.5 Å². The van der Waals surface area contributed by atoms with Crippen molar-refractivity contribution in [1.82, 2.24) is 0 Å². The Morgan fingerprint density at radius 1 is 1.33 bits per heavy atom. The van der Waals surface area contributed by atoms with E-state index in [4.69, 9.17) is 0 Å². The minimum Gasteiger partial charge on any atom is -0.207 e. The second-order valence-corrected chi connectivity index (χ2v) is 3.21. The van der Waals surface area contributed by atoms with Gasteiger partial charge in [0.05, 0.1) is 0 Å². The van der Waals surface area contributed by atoms with Gasteiger partial charge in [0.1, 0.15) is 5.82 Å². The lowest BCUT2D eigenvalue weighted by Crippen LogP contribution is -1.95. The Labute approximate surface area is 73.4 Å². The van der Waals surface area contributed by atoms with Gasteiger partial charge < -0.3 is 0 Å². The van der Waals surface area contributed by atoms with E-state index in [1.165, 1.54) is 6.07 Å². The molecule has 0 amide bonds. The first kappa shape index (κ1) is 9.24. The van der Waals surface area contributed by atoms with Crippen molar-refractivity contribution in [3.63, 3.8) is 0 Å². The lowest BCUT2D eigenvalue weighted by molar-refractivity contribution is 0.571. The third-order valence-electron chi connectivity index (χ3n) is 2.16. The van der Waals surface area contributed by atoms with Gasteiger partial charge >= 0.3 is 0 Å². The maximum atomic E-state index is 13.2. The quantitative estimate of drug-likeness (QED) is 0.641. The highest BCUT2D eigenvalue weighted by Crippen LogP contribution is 2.22. The van der Waals surface area contributed by atoms with E-state index >= 15 is 0 Å². The summed E-state index contributed by atoms with van der Waals surface area (Å²) >= 11 is 0. The molecule has 0 bridgehead atoms. The highest BCUT2D eigenvalue weighted by Gasteiger charge is 2.07. The molecule has 0 aliphatic heterocycles. The summed E-state index contributed by atoms with van der Waals surface area (Å²) in [6.07, 6.45) is 2.16. The lowest BCUT2D eigenvalue weighted by Gasteiger charge is -2.10. The summed E-state index contributed by atoms with van der Waals surface area (Å²) in [5.74, 6) is 0.273. The average Bonchev–Trinajstić information content (AvgIpc) is 2.05. The molecule has 1 heteroatoms. The van der Waals surface area contributed by atoms with Gasteiger partial charge in [0.2, 0.25) is 0 Å². The van der Waals surface area contributed by atoms with Gasteiger partial charge in [-0.25, -0.2) is 4.39 Å². The molecule has 0 aliphatic rings. The molecule has 0 aliphatic carbocycles. The van der Waals surface area contributed by atoms with Crippen molar-refractivity contribution in [3.05, 3.63) is 35.6 Å². The predicted octanol–water partition coefficient (Wildman–Crippen LogP) is 3.73. The normalized spacial score (nSPS) is 12.9. The molecule has 0 saturated heterocycles. The van der Waals surface area contributed by atoms with Gasteiger partial charge in [-0.3, -0.25) is 0 Å². The van der Waals surface area contributed by atoms with Gasteiger partial charge in [0, 0.05) is 0 Å². The van der Waals surface area contributed by atoms with E-state index in [0.29, 0.717) is 5.92 Å². The van der Waals surface area contributed by atoms with E-state index in [0.717, 1.165) is 18.4 Å². The van der Waals surface area contributed by atoms with Crippen LogP contribution in [0.3, 0.4) is 0 Å². The number of hydrogen-bond donors (Lipinski definition) is 0. The largest absolute Gasteiger partial charge is 0.207 e. The van der Waals surface area contributed by atoms with Crippen molar-refractivity contribution in [2.24, 2.45) is 0 Å². The zero-order valence-corrected chi connectivity index (χ0v) is 7.68. The molecule has 0 saturated carbocycles. The van der Waals surface area contributed by atoms with Crippen LogP contribution >= 0.6 is 0 Å². The van der Waals surface area contributed by atoms with E-state index in [-0.39, 0.29) is 5.82 Å². The summed E-state index contributed by atoms with van der Waals surface area (Å²) in [7, 11) is 0. The molecule has 0 spiro atoms. The van der Waals surface area contributed by atoms with Crippen molar-refractivity contribution in [1.29, 1.82) is 0 Å². The Morgan fingerprint density at radius 3 is 2.58 bits per heavy atom. The number of benzene rings is 1. The molecule has 1 aromatic rings. The molecule has 0 heterocycles. The van der Waals surface area contributed by atoms with Crippen LogP contribution in [0.4, 0.5) is 4.39 Å². The molecular formula is C11H15F. The summed E-state index contributed by atoms with van der Waals surface area (Å²) in [5, 5.41) is 0. The highest BCUT2D eigenvalue weighted by molar-refractivity contribution is 5.20. The Morgan fingerprint density at radius 2 is 2.00 bits per heavy atom. The molecule has 1 aromatic carbocycles. The van der Waals surface area contributed by atoms with Gasteiger partial charge in [0.15, 0.2) is 0 Å². The monoisotopic (exact) mass is 166 g/mol. The Bertz CT molecular complexity index is 243. The maximum Gasteiger partial charge on any atom is 0.126 e. The fourth-order valence-corrected chi connectivity index (χ4v) is 1.46. The zero-order valence-electron chi connectivity index (χ0n) is 7.68. The summed E-state index contributed by atoms with van der Waals surface area (Å²) in [4.78, 5) is 0. The fourth-order valence-electron chi connectivity index (χ4n) is 1.46. The molecule has 66 valence electrons. The van der Waals surface area contributed by atoms with Gasteiger partial charge in [-0.05, 0) is 24.0 Å². The van der Waals surface area contributed by atoms with E-state index < -0.39 is 0 Å². The second-order valence-electron chi connectivity index (χ2n) is 3.21. The van der Waals surface area contributed by atoms with Crippen LogP contribution < -0.4 is 0 Å². The molecule has 0 N–H and O–H groups in total. The second kappa shape index (κ2) is 4.24. The van der Waals surface area contributed by atoms with Crippen LogP contribution in [0, 0.1) is 5.82 Å². The van der Waals surface area contributed by atoms with Crippen molar-refractivity contribution in [3.8, 4) is 0 Å². The van der Waals surface area contributed by atoms with E-state index in [1.54, 1.807) is 6.07 Å². The number of halogens is 1. The predicted molar refractivity (Wildman–Crippen MR) is 49.7 cm³/mol. The Hall–Kier alpha value is -0.850. The molecule has 0 aromatic heterocycles. The van der Waals surface area contributed by atoms with Crippen molar-refractivity contribution in [2.45, 2.75) is 32.6 Å². The molecule has 0 radical (unpaired) electrons. The van der Waals surface area contributed by atoms with Crippen molar-refractivity contribution < 1.29 is 4.39 Å². The topological polar surface area (TPSA) is 0 Å². The molecule has 1 rings (SSSR count). The average molecular weight is 166 g/mol. The van der Waals surface area contributed by atoms with Gasteiger partial charge in [-0.2, -0.15) is 0 Å². The van der Waals surface area contributed by atoms with Crippen LogP contribution in [0.5, 0.6) is 0 Å². The fraction of sp³-hybridized carbons (Fsp3) is 0.455. The minimum absolute atomic E-state index is 0.0709. The van der Waals surface area contributed by atoms with Crippen LogP contribution in [0.15, 0.2) is 24.3 Å². The van der Waals surface area contributed by atoms with Crippen LogP contribution in [0.25, 0.3) is 0 Å². The van der Waals surface area contributed by atoms with Crippen molar-refractivity contribution >= 4 is 0 Å². The minimum atomic E-state index is -0.0709. The lowest BCUT2D eigenvalue weighted by atomic mass is 9.96. The molecule has 0 fully saturated rings. The van der Waals surface area contributed by atoms with Crippen LogP contribution in [0.1, 0.15) is 38.2 Å². The smallest absolute Gasteiger partial charge is 0.126 e. The molecule has 1 atom stereocenters. The standard InChI is InChI=1S/C11H15F/c1-3-6-9(2)10-7-4-5-8-11(10)12/h4-5,7-9H,3,6H2,1-2H3. The van der Waals surface area contributed by atoms with Crippen molar-refractivity contribution in [2.75, 3.05) is 0 Å². The first-order valence-electron chi connectivity index (χ1n) is 4.50. The van der Waals surface area contributed by atoms with E-state index in [1.807, 2.05) is 12.1 Å².